The van der Waals surface area contributed by atoms with Gasteiger partial charge in [-0.15, -0.1) is 0 Å². The van der Waals surface area contributed by atoms with Gasteiger partial charge in [-0.1, -0.05) is 147 Å². The average molecular weight is 766 g/mol. The number of ether oxygens (including phenoxy) is 8. The summed E-state index contributed by atoms with van der Waals surface area (Å²) in [6, 6.07) is 40.0. The third-order valence-corrected chi connectivity index (χ3v) is 11.0. The summed E-state index contributed by atoms with van der Waals surface area (Å²) in [6.07, 6.45) is 2.24. The Labute approximate surface area is 332 Å². The first-order chi connectivity index (χ1) is 27.4. The zero-order valence-corrected chi connectivity index (χ0v) is 32.9. The molecule has 9 heteroatoms. The van der Waals surface area contributed by atoms with Gasteiger partial charge in [0.1, 0.15) is 30.5 Å². The summed E-state index contributed by atoms with van der Waals surface area (Å²) in [7, 11) is 0. The maximum atomic E-state index is 6.97. The number of nitrogens with two attached hydrogens (primary N) is 1. The van der Waals surface area contributed by atoms with E-state index in [1.54, 1.807) is 0 Å². The molecule has 9 nitrogen and oxygen atoms in total. The Morgan fingerprint density at radius 1 is 0.589 bits per heavy atom. The van der Waals surface area contributed by atoms with Crippen molar-refractivity contribution >= 4 is 0 Å². The topological polar surface area (TPSA) is 99.9 Å². The largest absolute Gasteiger partial charge is 0.374 e. The van der Waals surface area contributed by atoms with Crippen LogP contribution in [0.4, 0.5) is 0 Å². The van der Waals surface area contributed by atoms with Crippen LogP contribution in [0.3, 0.4) is 0 Å². The minimum Gasteiger partial charge on any atom is -0.374 e. The maximum Gasteiger partial charge on any atom is 0.187 e. The highest BCUT2D eigenvalue weighted by molar-refractivity contribution is 5.16. The molecule has 300 valence electrons. The highest BCUT2D eigenvalue weighted by Crippen LogP contribution is 2.38. The molecule has 3 fully saturated rings. The number of rotatable bonds is 19. The van der Waals surface area contributed by atoms with E-state index in [0.29, 0.717) is 32.3 Å². The Bertz CT molecular complexity index is 1690. The quantitative estimate of drug-likeness (QED) is 0.102. The summed E-state index contributed by atoms with van der Waals surface area (Å²) in [4.78, 5) is 0. The number of benzene rings is 4. The molecule has 0 radical (unpaired) electrons. The minimum absolute atomic E-state index is 0.110. The molecule has 2 heterocycles. The Balaban J connectivity index is 1.15. The van der Waals surface area contributed by atoms with Crippen LogP contribution < -0.4 is 5.73 Å². The smallest absolute Gasteiger partial charge is 0.187 e. The van der Waals surface area contributed by atoms with Crippen LogP contribution in [0, 0.1) is 5.92 Å². The highest BCUT2D eigenvalue weighted by atomic mass is 16.8. The second kappa shape index (κ2) is 20.3. The molecule has 1 aliphatic carbocycles. The van der Waals surface area contributed by atoms with E-state index >= 15 is 0 Å². The molecule has 8 atom stereocenters. The van der Waals surface area contributed by atoms with Gasteiger partial charge in [-0.05, 0) is 48.4 Å². The molecular weight excluding hydrogens is 707 g/mol. The van der Waals surface area contributed by atoms with Gasteiger partial charge in [0.2, 0.25) is 0 Å². The Kier molecular flexibility index (Phi) is 14.7. The van der Waals surface area contributed by atoms with Crippen molar-refractivity contribution in [2.24, 2.45) is 11.7 Å². The summed E-state index contributed by atoms with van der Waals surface area (Å²) < 4.78 is 53.4. The van der Waals surface area contributed by atoms with Gasteiger partial charge in [-0.25, -0.2) is 0 Å². The highest BCUT2D eigenvalue weighted by Gasteiger charge is 2.50. The molecule has 4 aromatic rings. The monoisotopic (exact) mass is 765 g/mol. The lowest BCUT2D eigenvalue weighted by Gasteiger charge is -2.46. The summed E-state index contributed by atoms with van der Waals surface area (Å²) in [6.45, 7) is 5.78. The minimum atomic E-state index is -0.851. The second-order valence-corrected chi connectivity index (χ2v) is 15.8. The van der Waals surface area contributed by atoms with Crippen molar-refractivity contribution < 1.29 is 37.9 Å². The normalized spacial score (nSPS) is 27.0. The fourth-order valence-corrected chi connectivity index (χ4v) is 8.16. The third kappa shape index (κ3) is 11.6. The maximum absolute atomic E-state index is 6.97. The molecule has 0 amide bonds. The molecule has 5 unspecified atom stereocenters. The van der Waals surface area contributed by atoms with E-state index in [0.717, 1.165) is 28.7 Å². The molecule has 1 saturated carbocycles. The van der Waals surface area contributed by atoms with Gasteiger partial charge in [-0.2, -0.15) is 0 Å². The lowest BCUT2D eigenvalue weighted by atomic mass is 9.94. The van der Waals surface area contributed by atoms with Crippen molar-refractivity contribution in [3.8, 4) is 0 Å². The van der Waals surface area contributed by atoms with Crippen LogP contribution >= 0.6 is 0 Å². The van der Waals surface area contributed by atoms with Gasteiger partial charge in [0.25, 0.3) is 0 Å². The molecule has 0 bridgehead atoms. The molecule has 7 rings (SSSR count). The molecule has 2 N–H and O–H groups in total. The predicted octanol–water partition coefficient (Wildman–Crippen LogP) is 8.13. The molecule has 2 aliphatic heterocycles. The zero-order valence-electron chi connectivity index (χ0n) is 32.9. The van der Waals surface area contributed by atoms with Crippen LogP contribution in [0.2, 0.25) is 0 Å². The first kappa shape index (κ1) is 40.7. The first-order valence-corrected chi connectivity index (χ1v) is 20.4. The lowest BCUT2D eigenvalue weighted by Crippen LogP contribution is -2.62. The Hall–Kier alpha value is -3.48. The van der Waals surface area contributed by atoms with Gasteiger partial charge in [0.15, 0.2) is 12.1 Å². The second-order valence-electron chi connectivity index (χ2n) is 15.8. The van der Waals surface area contributed by atoms with Gasteiger partial charge >= 0.3 is 0 Å². The number of hydrogen-bond donors (Lipinski definition) is 1. The van der Waals surface area contributed by atoms with Crippen LogP contribution in [-0.2, 0) is 64.3 Å². The summed E-state index contributed by atoms with van der Waals surface area (Å²) in [5, 5.41) is 0. The molecule has 0 spiro atoms. The molecule has 0 aromatic heterocycles. The molecular formula is C47H59NO8. The van der Waals surface area contributed by atoms with E-state index in [1.807, 2.05) is 111 Å². The van der Waals surface area contributed by atoms with Crippen molar-refractivity contribution in [3.05, 3.63) is 144 Å². The third-order valence-electron chi connectivity index (χ3n) is 11.0. The summed E-state index contributed by atoms with van der Waals surface area (Å²) in [5.74, 6) is -0.104. The SMILES string of the molecule is CC1(C)O[C@@H]([C@@H](N)COC2OC(COCc3ccccc3)C(OCc3ccccc3)C(OCc3ccccc3)C2OCc2ccccc2)[C@@H](CC2CCCC2)O1. The van der Waals surface area contributed by atoms with E-state index < -0.39 is 42.5 Å². The fourth-order valence-electron chi connectivity index (χ4n) is 8.16. The molecule has 56 heavy (non-hydrogen) atoms. The first-order valence-electron chi connectivity index (χ1n) is 20.4. The van der Waals surface area contributed by atoms with E-state index in [9.17, 15) is 0 Å². The average Bonchev–Trinajstić information content (AvgIpc) is 3.86. The predicted molar refractivity (Wildman–Crippen MR) is 214 cm³/mol. The Morgan fingerprint density at radius 3 is 1.61 bits per heavy atom. The van der Waals surface area contributed by atoms with Crippen molar-refractivity contribution in [2.45, 2.75) is 127 Å². The molecule has 2 saturated heterocycles. The van der Waals surface area contributed by atoms with E-state index in [-0.39, 0.29) is 25.4 Å². The van der Waals surface area contributed by atoms with Gasteiger partial charge < -0.3 is 43.6 Å². The van der Waals surface area contributed by atoms with Crippen LogP contribution in [-0.4, -0.2) is 68.0 Å². The van der Waals surface area contributed by atoms with E-state index in [4.69, 9.17) is 43.6 Å². The Morgan fingerprint density at radius 2 is 1.07 bits per heavy atom. The summed E-state index contributed by atoms with van der Waals surface area (Å²) >= 11 is 0. The zero-order chi connectivity index (χ0) is 38.6. The molecule has 4 aromatic carbocycles. The molecule has 3 aliphatic rings. The van der Waals surface area contributed by atoms with Crippen LogP contribution in [0.5, 0.6) is 0 Å². The van der Waals surface area contributed by atoms with Gasteiger partial charge in [0, 0.05) is 0 Å². The van der Waals surface area contributed by atoms with Gasteiger partial charge in [-0.3, -0.25) is 0 Å². The van der Waals surface area contributed by atoms with Crippen molar-refractivity contribution in [1.29, 1.82) is 0 Å². The van der Waals surface area contributed by atoms with E-state index in [1.165, 1.54) is 25.7 Å². The number of hydrogen-bond acceptors (Lipinski definition) is 9. The van der Waals surface area contributed by atoms with E-state index in [2.05, 4.69) is 24.3 Å². The van der Waals surface area contributed by atoms with Crippen molar-refractivity contribution in [2.75, 3.05) is 13.2 Å². The lowest BCUT2D eigenvalue weighted by molar-refractivity contribution is -0.329. The van der Waals surface area contributed by atoms with Crippen LogP contribution in [0.1, 0.15) is 68.2 Å². The van der Waals surface area contributed by atoms with Gasteiger partial charge in [0.05, 0.1) is 51.8 Å². The fraction of sp³-hybridized carbons (Fsp3) is 0.489. The van der Waals surface area contributed by atoms with Crippen LogP contribution in [0.15, 0.2) is 121 Å². The van der Waals surface area contributed by atoms with Crippen molar-refractivity contribution in [1.82, 2.24) is 0 Å². The summed E-state index contributed by atoms with van der Waals surface area (Å²) in [5.41, 5.74) is 11.1. The van der Waals surface area contributed by atoms with Crippen LogP contribution in [0.25, 0.3) is 0 Å². The van der Waals surface area contributed by atoms with Crippen molar-refractivity contribution in [3.63, 3.8) is 0 Å². The standard InChI is InChI=1S/C47H59NO8/c1-47(2)55-40(27-34-17-15-16-18-34)42(56-47)39(48)32-53-46-45(52-31-38-25-13-6-14-26-38)44(51-30-37-23-11-5-12-24-37)43(50-29-36-21-9-4-10-22-36)41(54-46)33-49-28-35-19-7-3-8-20-35/h3-14,19-26,34,39-46H,15-18,27-33,48H2,1-2H3/t39-,40+,41?,42-,43?,44?,45?,46?/m0/s1.